The lowest BCUT2D eigenvalue weighted by Crippen LogP contribution is -2.52. The Kier molecular flexibility index (Phi) is 6.01. The van der Waals surface area contributed by atoms with Crippen LogP contribution < -0.4 is 14.7 Å². The normalized spacial score (nSPS) is 17.9. The van der Waals surface area contributed by atoms with Gasteiger partial charge < -0.3 is 19.6 Å². The van der Waals surface area contributed by atoms with Crippen LogP contribution in [-0.4, -0.2) is 74.1 Å². The molecule has 0 N–H and O–H groups in total. The minimum absolute atomic E-state index is 0.0497. The average molecular weight is 413 g/mol. The van der Waals surface area contributed by atoms with Crippen molar-refractivity contribution in [3.05, 3.63) is 42.6 Å². The van der Waals surface area contributed by atoms with Crippen LogP contribution in [0, 0.1) is 11.7 Å². The van der Waals surface area contributed by atoms with Crippen LogP contribution in [-0.2, 0) is 4.79 Å². The zero-order chi connectivity index (χ0) is 21.1. The van der Waals surface area contributed by atoms with E-state index in [2.05, 4.69) is 14.9 Å². The molecule has 0 spiro atoms. The highest BCUT2D eigenvalue weighted by molar-refractivity contribution is 5.79. The first-order valence-corrected chi connectivity index (χ1v) is 10.5. The largest absolute Gasteiger partial charge is 0.367 e. The number of halogens is 1. The molecule has 30 heavy (non-hydrogen) atoms. The predicted molar refractivity (Wildman–Crippen MR) is 116 cm³/mol. The molecule has 7 nitrogen and oxygen atoms in total. The lowest BCUT2D eigenvalue weighted by molar-refractivity contribution is -0.136. The maximum atomic E-state index is 14.0. The lowest BCUT2D eigenvalue weighted by atomic mass is 9.94. The summed E-state index contributed by atoms with van der Waals surface area (Å²) in [5.74, 6) is 0.986. The van der Waals surface area contributed by atoms with Crippen LogP contribution in [0.1, 0.15) is 12.8 Å². The minimum Gasteiger partial charge on any atom is -0.367 e. The number of rotatable bonds is 4. The van der Waals surface area contributed by atoms with Crippen molar-refractivity contribution < 1.29 is 9.18 Å². The molecule has 4 rings (SSSR count). The highest BCUT2D eigenvalue weighted by Crippen LogP contribution is 2.30. The molecular weight excluding hydrogens is 383 g/mol. The van der Waals surface area contributed by atoms with Gasteiger partial charge in [-0.1, -0.05) is 12.1 Å². The summed E-state index contributed by atoms with van der Waals surface area (Å²) in [6.07, 6.45) is 5.07. The molecule has 160 valence electrons. The molecule has 8 heteroatoms. The van der Waals surface area contributed by atoms with E-state index in [4.69, 9.17) is 0 Å². The number of hydrogen-bond acceptors (Lipinski definition) is 6. The van der Waals surface area contributed by atoms with Gasteiger partial charge in [-0.15, -0.1) is 0 Å². The SMILES string of the molecule is CN(C)c1ncncc1N1CCC(C(=O)N2CCN(c3ccccc3F)CC2)CC1. The van der Waals surface area contributed by atoms with Gasteiger partial charge in [-0.2, -0.15) is 0 Å². The number of nitrogens with zero attached hydrogens (tertiary/aromatic N) is 6. The molecule has 0 saturated carbocycles. The molecule has 0 atom stereocenters. The maximum Gasteiger partial charge on any atom is 0.225 e. The number of anilines is 3. The van der Waals surface area contributed by atoms with Gasteiger partial charge in [-0.3, -0.25) is 4.79 Å². The van der Waals surface area contributed by atoms with Crippen LogP contribution in [0.3, 0.4) is 0 Å². The minimum atomic E-state index is -0.202. The topological polar surface area (TPSA) is 55.8 Å². The standard InChI is InChI=1S/C22H29FN6O/c1-26(2)21-20(15-24-16-25-21)27-9-7-17(8-10-27)22(30)29-13-11-28(12-14-29)19-6-4-3-5-18(19)23/h3-6,15-17H,7-14H2,1-2H3. The average Bonchev–Trinajstić information content (AvgIpc) is 2.79. The molecule has 3 heterocycles. The monoisotopic (exact) mass is 412 g/mol. The van der Waals surface area contributed by atoms with Crippen LogP contribution in [0.2, 0.25) is 0 Å². The summed E-state index contributed by atoms with van der Waals surface area (Å²) in [6, 6.07) is 6.84. The van der Waals surface area contributed by atoms with Crippen LogP contribution >= 0.6 is 0 Å². The number of carbonyl (C=O) groups is 1. The Morgan fingerprint density at radius 3 is 2.33 bits per heavy atom. The Labute approximate surface area is 177 Å². The first-order chi connectivity index (χ1) is 14.5. The summed E-state index contributed by atoms with van der Waals surface area (Å²) < 4.78 is 14.0. The van der Waals surface area contributed by atoms with Gasteiger partial charge in [0.25, 0.3) is 0 Å². The number of piperazine rings is 1. The Bertz CT molecular complexity index is 875. The molecule has 2 aliphatic heterocycles. The van der Waals surface area contributed by atoms with E-state index in [-0.39, 0.29) is 17.6 Å². The number of carbonyl (C=O) groups excluding carboxylic acids is 1. The second-order valence-corrected chi connectivity index (χ2v) is 8.15. The van der Waals surface area contributed by atoms with E-state index >= 15 is 0 Å². The second-order valence-electron chi connectivity index (χ2n) is 8.15. The zero-order valence-corrected chi connectivity index (χ0v) is 17.7. The lowest BCUT2D eigenvalue weighted by Gasteiger charge is -2.40. The number of piperidine rings is 1. The van der Waals surface area contributed by atoms with E-state index in [0.29, 0.717) is 31.9 Å². The van der Waals surface area contributed by atoms with Gasteiger partial charge in [0.15, 0.2) is 5.82 Å². The smallest absolute Gasteiger partial charge is 0.225 e. The van der Waals surface area contributed by atoms with Gasteiger partial charge in [-0.25, -0.2) is 14.4 Å². The van der Waals surface area contributed by atoms with E-state index in [0.717, 1.165) is 37.4 Å². The van der Waals surface area contributed by atoms with E-state index in [1.54, 1.807) is 18.5 Å². The van der Waals surface area contributed by atoms with Crippen LogP contribution in [0.25, 0.3) is 0 Å². The molecule has 1 aromatic heterocycles. The first kappa shape index (κ1) is 20.4. The van der Waals surface area contributed by atoms with E-state index in [9.17, 15) is 9.18 Å². The number of hydrogen-bond donors (Lipinski definition) is 0. The summed E-state index contributed by atoms with van der Waals surface area (Å²) >= 11 is 0. The molecule has 2 aliphatic rings. The predicted octanol–water partition coefficient (Wildman–Crippen LogP) is 2.25. The molecule has 0 bridgehead atoms. The van der Waals surface area contributed by atoms with E-state index in [1.807, 2.05) is 41.1 Å². The summed E-state index contributed by atoms with van der Waals surface area (Å²) in [7, 11) is 3.95. The molecule has 0 aliphatic carbocycles. The Morgan fingerprint density at radius 1 is 1.00 bits per heavy atom. The molecular formula is C22H29FN6O. The van der Waals surface area contributed by atoms with Crippen LogP contribution in [0.15, 0.2) is 36.8 Å². The summed E-state index contributed by atoms with van der Waals surface area (Å²) in [6.45, 7) is 4.26. The van der Waals surface area contributed by atoms with Crippen molar-refractivity contribution in [1.29, 1.82) is 0 Å². The van der Waals surface area contributed by atoms with Gasteiger partial charge in [-0.05, 0) is 25.0 Å². The van der Waals surface area contributed by atoms with Crippen LogP contribution in [0.4, 0.5) is 21.6 Å². The maximum absolute atomic E-state index is 14.0. The summed E-state index contributed by atoms with van der Waals surface area (Å²) in [4.78, 5) is 29.9. The Balaban J connectivity index is 1.32. The molecule has 2 saturated heterocycles. The molecule has 1 aromatic carbocycles. The van der Waals surface area contributed by atoms with E-state index in [1.165, 1.54) is 6.07 Å². The highest BCUT2D eigenvalue weighted by atomic mass is 19.1. The third-order valence-electron chi connectivity index (χ3n) is 6.07. The third-order valence-corrected chi connectivity index (χ3v) is 6.07. The van der Waals surface area contributed by atoms with Gasteiger partial charge in [0.05, 0.1) is 17.6 Å². The van der Waals surface area contributed by atoms with Crippen molar-refractivity contribution in [2.75, 3.05) is 68.1 Å². The Hall–Kier alpha value is -2.90. The molecule has 0 radical (unpaired) electrons. The van der Waals surface area contributed by atoms with Gasteiger partial charge >= 0.3 is 0 Å². The fourth-order valence-electron chi connectivity index (χ4n) is 4.38. The van der Waals surface area contributed by atoms with Gasteiger partial charge in [0.2, 0.25) is 5.91 Å². The summed E-state index contributed by atoms with van der Waals surface area (Å²) in [5, 5.41) is 0. The zero-order valence-electron chi connectivity index (χ0n) is 17.7. The van der Waals surface area contributed by atoms with Crippen molar-refractivity contribution in [1.82, 2.24) is 14.9 Å². The van der Waals surface area contributed by atoms with Crippen molar-refractivity contribution in [3.63, 3.8) is 0 Å². The molecule has 2 aromatic rings. The summed E-state index contributed by atoms with van der Waals surface area (Å²) in [5.41, 5.74) is 1.64. The quantitative estimate of drug-likeness (QED) is 0.768. The van der Waals surface area contributed by atoms with Crippen molar-refractivity contribution in [2.45, 2.75) is 12.8 Å². The fraction of sp³-hybridized carbons (Fsp3) is 0.500. The van der Waals surface area contributed by atoms with Crippen molar-refractivity contribution in [3.8, 4) is 0 Å². The van der Waals surface area contributed by atoms with E-state index < -0.39 is 0 Å². The van der Waals surface area contributed by atoms with Crippen molar-refractivity contribution in [2.24, 2.45) is 5.92 Å². The van der Waals surface area contributed by atoms with Crippen LogP contribution in [0.5, 0.6) is 0 Å². The highest BCUT2D eigenvalue weighted by Gasteiger charge is 2.31. The van der Waals surface area contributed by atoms with Gasteiger partial charge in [0, 0.05) is 59.3 Å². The second kappa shape index (κ2) is 8.85. The molecule has 0 unspecified atom stereocenters. The molecule has 1 amide bonds. The Morgan fingerprint density at radius 2 is 1.67 bits per heavy atom. The van der Waals surface area contributed by atoms with Crippen molar-refractivity contribution >= 4 is 23.1 Å². The fourth-order valence-corrected chi connectivity index (χ4v) is 4.38. The third kappa shape index (κ3) is 4.17. The number of aromatic nitrogens is 2. The molecule has 2 fully saturated rings. The number of para-hydroxylation sites is 1. The number of benzene rings is 1. The first-order valence-electron chi connectivity index (χ1n) is 10.5. The number of amides is 1. The van der Waals surface area contributed by atoms with Gasteiger partial charge in [0.1, 0.15) is 12.1 Å².